The first-order chi connectivity index (χ1) is 11.4. The van der Waals surface area contributed by atoms with Gasteiger partial charge in [-0.25, -0.2) is 18.1 Å². The number of aromatic nitrogens is 1. The summed E-state index contributed by atoms with van der Waals surface area (Å²) in [6.07, 6.45) is 3.64. The van der Waals surface area contributed by atoms with Crippen molar-refractivity contribution >= 4 is 42.6 Å². The van der Waals surface area contributed by atoms with Crippen LogP contribution in [0.25, 0.3) is 10.2 Å². The second-order valence-corrected chi connectivity index (χ2v) is 8.54. The van der Waals surface area contributed by atoms with Gasteiger partial charge in [0.15, 0.2) is 5.13 Å². The van der Waals surface area contributed by atoms with E-state index in [0.29, 0.717) is 10.6 Å². The zero-order chi connectivity index (χ0) is 17.7. The summed E-state index contributed by atoms with van der Waals surface area (Å²) in [5, 5.41) is 3.38. The Morgan fingerprint density at radius 3 is 2.50 bits per heavy atom. The summed E-state index contributed by atoms with van der Waals surface area (Å²) in [6.45, 7) is 4.13. The van der Waals surface area contributed by atoms with Crippen molar-refractivity contribution < 1.29 is 13.2 Å². The molecule has 1 aromatic heterocycles. The molecule has 0 saturated carbocycles. The van der Waals surface area contributed by atoms with Gasteiger partial charge in [0.25, 0.3) is 0 Å². The molecule has 0 aliphatic heterocycles. The minimum absolute atomic E-state index is 0.00718. The number of benzene rings is 1. The lowest BCUT2D eigenvalue weighted by Crippen LogP contribution is -2.22. The van der Waals surface area contributed by atoms with Crippen molar-refractivity contribution in [2.45, 2.75) is 44.4 Å². The van der Waals surface area contributed by atoms with Gasteiger partial charge in [-0.05, 0) is 38.1 Å². The zero-order valence-corrected chi connectivity index (χ0v) is 15.8. The van der Waals surface area contributed by atoms with Crippen LogP contribution in [0.4, 0.5) is 5.13 Å². The predicted octanol–water partition coefficient (Wildman–Crippen LogP) is 3.36. The molecule has 1 amide bonds. The minimum atomic E-state index is -3.49. The van der Waals surface area contributed by atoms with Crippen LogP contribution in [-0.4, -0.2) is 26.4 Å². The van der Waals surface area contributed by atoms with Crippen LogP contribution in [0.5, 0.6) is 0 Å². The maximum atomic E-state index is 12.4. The third-order valence-electron chi connectivity index (χ3n) is 3.81. The number of thiazole rings is 1. The van der Waals surface area contributed by atoms with Crippen LogP contribution in [0.3, 0.4) is 0 Å². The number of fused-ring (bicyclic) bond motifs is 1. The molecule has 0 saturated heterocycles. The highest BCUT2D eigenvalue weighted by atomic mass is 32.2. The van der Waals surface area contributed by atoms with E-state index in [9.17, 15) is 13.2 Å². The monoisotopic (exact) mass is 369 g/mol. The average Bonchev–Trinajstić information content (AvgIpc) is 2.95. The molecule has 8 heteroatoms. The lowest BCUT2D eigenvalue weighted by molar-refractivity contribution is -0.120. The Labute approximate surface area is 146 Å². The molecule has 0 atom stereocenters. The SMILES string of the molecule is CCCC(CCC)C(=O)Nc1nc2ccc(S(=O)(=O)NC)cc2s1. The Kier molecular flexibility index (Phi) is 6.31. The molecule has 2 aromatic rings. The molecule has 0 fully saturated rings. The maximum Gasteiger partial charge on any atom is 0.240 e. The summed E-state index contributed by atoms with van der Waals surface area (Å²) >= 11 is 1.28. The summed E-state index contributed by atoms with van der Waals surface area (Å²) < 4.78 is 26.7. The normalized spacial score (nSPS) is 12.0. The first-order valence-corrected chi connectivity index (χ1v) is 10.4. The van der Waals surface area contributed by atoms with Gasteiger partial charge >= 0.3 is 0 Å². The summed E-state index contributed by atoms with van der Waals surface area (Å²) in [7, 11) is -2.12. The summed E-state index contributed by atoms with van der Waals surface area (Å²) in [5.74, 6) is -0.0203. The average molecular weight is 370 g/mol. The van der Waals surface area contributed by atoms with Crippen LogP contribution in [-0.2, 0) is 14.8 Å². The van der Waals surface area contributed by atoms with Gasteiger partial charge in [0.1, 0.15) is 0 Å². The molecule has 6 nitrogen and oxygen atoms in total. The van der Waals surface area contributed by atoms with Crippen molar-refractivity contribution in [1.29, 1.82) is 0 Å². The van der Waals surface area contributed by atoms with E-state index in [-0.39, 0.29) is 16.7 Å². The number of hydrogen-bond acceptors (Lipinski definition) is 5. The van der Waals surface area contributed by atoms with Crippen LogP contribution in [0.2, 0.25) is 0 Å². The van der Waals surface area contributed by atoms with Gasteiger partial charge in [0.2, 0.25) is 15.9 Å². The molecule has 1 heterocycles. The topological polar surface area (TPSA) is 88.2 Å². The van der Waals surface area contributed by atoms with E-state index < -0.39 is 10.0 Å². The molecular formula is C16H23N3O3S2. The highest BCUT2D eigenvalue weighted by Gasteiger charge is 2.19. The van der Waals surface area contributed by atoms with Gasteiger partial charge < -0.3 is 5.32 Å². The molecule has 0 bridgehead atoms. The van der Waals surface area contributed by atoms with E-state index >= 15 is 0 Å². The van der Waals surface area contributed by atoms with E-state index in [1.807, 2.05) is 0 Å². The number of sulfonamides is 1. The largest absolute Gasteiger partial charge is 0.302 e. The highest BCUT2D eigenvalue weighted by molar-refractivity contribution is 7.89. The van der Waals surface area contributed by atoms with Gasteiger partial charge in [0, 0.05) is 5.92 Å². The van der Waals surface area contributed by atoms with Gasteiger partial charge in [-0.15, -0.1) is 0 Å². The first kappa shape index (κ1) is 18.8. The second-order valence-electron chi connectivity index (χ2n) is 5.62. The van der Waals surface area contributed by atoms with Crippen molar-refractivity contribution in [2.24, 2.45) is 5.92 Å². The summed E-state index contributed by atoms with van der Waals surface area (Å²) in [5.41, 5.74) is 0.674. The van der Waals surface area contributed by atoms with E-state index in [0.717, 1.165) is 30.4 Å². The molecular weight excluding hydrogens is 346 g/mol. The van der Waals surface area contributed by atoms with Crippen molar-refractivity contribution in [3.63, 3.8) is 0 Å². The van der Waals surface area contributed by atoms with Crippen LogP contribution in [0.15, 0.2) is 23.1 Å². The molecule has 0 radical (unpaired) electrons. The van der Waals surface area contributed by atoms with Crippen molar-refractivity contribution in [1.82, 2.24) is 9.71 Å². The zero-order valence-electron chi connectivity index (χ0n) is 14.1. The van der Waals surface area contributed by atoms with Crippen molar-refractivity contribution in [3.8, 4) is 0 Å². The van der Waals surface area contributed by atoms with Gasteiger partial charge in [-0.2, -0.15) is 0 Å². The lowest BCUT2D eigenvalue weighted by Gasteiger charge is -2.13. The van der Waals surface area contributed by atoms with Gasteiger partial charge in [-0.3, -0.25) is 4.79 Å². The Morgan fingerprint density at radius 1 is 1.25 bits per heavy atom. The molecule has 2 N–H and O–H groups in total. The first-order valence-electron chi connectivity index (χ1n) is 8.06. The maximum absolute atomic E-state index is 12.4. The summed E-state index contributed by atoms with van der Waals surface area (Å²) in [4.78, 5) is 17.0. The number of nitrogens with one attached hydrogen (secondary N) is 2. The fourth-order valence-corrected chi connectivity index (χ4v) is 4.29. The molecule has 0 aliphatic rings. The lowest BCUT2D eigenvalue weighted by atomic mass is 9.97. The minimum Gasteiger partial charge on any atom is -0.302 e. The Bertz CT molecular complexity index is 809. The Balaban J connectivity index is 2.23. The van der Waals surface area contributed by atoms with E-state index in [1.54, 1.807) is 12.1 Å². The van der Waals surface area contributed by atoms with Gasteiger partial charge in [-0.1, -0.05) is 38.0 Å². The number of anilines is 1. The number of hydrogen-bond donors (Lipinski definition) is 2. The van der Waals surface area contributed by atoms with Crippen LogP contribution in [0.1, 0.15) is 39.5 Å². The van der Waals surface area contributed by atoms with E-state index in [4.69, 9.17) is 0 Å². The molecule has 2 rings (SSSR count). The number of carbonyl (C=O) groups is 1. The van der Waals surface area contributed by atoms with Crippen LogP contribution in [0, 0.1) is 5.92 Å². The quantitative estimate of drug-likeness (QED) is 0.747. The van der Waals surface area contributed by atoms with E-state index in [1.165, 1.54) is 24.5 Å². The van der Waals surface area contributed by atoms with Crippen molar-refractivity contribution in [3.05, 3.63) is 18.2 Å². The fourth-order valence-electron chi connectivity index (χ4n) is 2.55. The third-order valence-corrected chi connectivity index (χ3v) is 6.16. The number of carbonyl (C=O) groups excluding carboxylic acids is 1. The Hall–Kier alpha value is -1.51. The number of amides is 1. The van der Waals surface area contributed by atoms with E-state index in [2.05, 4.69) is 28.9 Å². The fraction of sp³-hybridized carbons (Fsp3) is 0.500. The predicted molar refractivity (Wildman–Crippen MR) is 97.8 cm³/mol. The Morgan fingerprint density at radius 2 is 1.92 bits per heavy atom. The molecule has 0 unspecified atom stereocenters. The van der Waals surface area contributed by atoms with Gasteiger partial charge in [0.05, 0.1) is 15.1 Å². The van der Waals surface area contributed by atoms with Crippen molar-refractivity contribution in [2.75, 3.05) is 12.4 Å². The smallest absolute Gasteiger partial charge is 0.240 e. The highest BCUT2D eigenvalue weighted by Crippen LogP contribution is 2.29. The number of rotatable bonds is 8. The summed E-state index contributed by atoms with van der Waals surface area (Å²) in [6, 6.07) is 4.74. The molecule has 0 spiro atoms. The molecule has 0 aliphatic carbocycles. The molecule has 24 heavy (non-hydrogen) atoms. The third kappa shape index (κ3) is 4.31. The molecule has 1 aromatic carbocycles. The van der Waals surface area contributed by atoms with Crippen LogP contribution < -0.4 is 10.0 Å². The second kappa shape index (κ2) is 8.04. The standard InChI is InChI=1S/C16H23N3O3S2/c1-4-6-11(7-5-2)15(20)19-16-18-13-9-8-12(10-14(13)23-16)24(21,22)17-3/h8-11,17H,4-7H2,1-3H3,(H,18,19,20). The number of nitrogens with zero attached hydrogens (tertiary/aromatic N) is 1. The van der Waals surface area contributed by atoms with Crippen LogP contribution >= 0.6 is 11.3 Å². The molecule has 132 valence electrons.